The predicted molar refractivity (Wildman–Crippen MR) is 73.2 cm³/mol. The standard InChI is InChI=1S/C15H16IOSi/c1-18(2,3)17-11-8-9-15-13(10-11)12-6-4-5-7-14(12)16-15/h4-10H,1-3H3/q+1. The molecule has 0 saturated heterocycles. The van der Waals surface area contributed by atoms with Gasteiger partial charge >= 0.3 is 21.2 Å². The van der Waals surface area contributed by atoms with E-state index in [-0.39, 0.29) is 21.2 Å². The first-order chi connectivity index (χ1) is 8.53. The maximum Gasteiger partial charge on any atom is 0.359 e. The summed E-state index contributed by atoms with van der Waals surface area (Å²) >= 11 is 0.0117. The molecule has 92 valence electrons. The van der Waals surface area contributed by atoms with Crippen molar-refractivity contribution in [1.29, 1.82) is 0 Å². The number of halogens is 1. The van der Waals surface area contributed by atoms with Crippen molar-refractivity contribution in [2.45, 2.75) is 19.6 Å². The average molecular weight is 367 g/mol. The lowest BCUT2D eigenvalue weighted by Crippen LogP contribution is -3.61. The molecule has 0 atom stereocenters. The Balaban J connectivity index is 2.03. The second kappa shape index (κ2) is 4.38. The molecule has 1 aliphatic heterocycles. The molecule has 0 N–H and O–H groups in total. The SMILES string of the molecule is C[Si](C)(C)Oc1ccc2c(c1)-c1ccccc1[I+]2. The second-order valence-electron chi connectivity index (χ2n) is 5.43. The number of hydrogen-bond donors (Lipinski definition) is 0. The van der Waals surface area contributed by atoms with Crippen LogP contribution in [0.15, 0.2) is 42.5 Å². The van der Waals surface area contributed by atoms with Crippen molar-refractivity contribution in [3.8, 4) is 16.9 Å². The zero-order valence-electron chi connectivity index (χ0n) is 10.8. The van der Waals surface area contributed by atoms with Gasteiger partial charge in [-0.15, -0.1) is 0 Å². The summed E-state index contributed by atoms with van der Waals surface area (Å²) in [5.74, 6) is 1.04. The van der Waals surface area contributed by atoms with Crippen LogP contribution in [0.2, 0.25) is 19.6 Å². The van der Waals surface area contributed by atoms with Crippen LogP contribution in [0.1, 0.15) is 0 Å². The molecule has 0 aliphatic carbocycles. The van der Waals surface area contributed by atoms with E-state index < -0.39 is 8.32 Å². The van der Waals surface area contributed by atoms with Gasteiger partial charge in [-0.3, -0.25) is 0 Å². The molecule has 0 unspecified atom stereocenters. The Hall–Kier alpha value is -0.813. The predicted octanol–water partition coefficient (Wildman–Crippen LogP) is 1.01. The van der Waals surface area contributed by atoms with E-state index in [0.717, 1.165) is 5.75 Å². The molecule has 0 radical (unpaired) electrons. The minimum atomic E-state index is -1.51. The number of benzene rings is 2. The van der Waals surface area contributed by atoms with Crippen molar-refractivity contribution in [3.63, 3.8) is 0 Å². The van der Waals surface area contributed by atoms with Crippen molar-refractivity contribution in [2.24, 2.45) is 0 Å². The van der Waals surface area contributed by atoms with E-state index in [1.165, 1.54) is 18.3 Å². The minimum Gasteiger partial charge on any atom is -0.544 e. The van der Waals surface area contributed by atoms with E-state index in [9.17, 15) is 0 Å². The zero-order chi connectivity index (χ0) is 12.8. The van der Waals surface area contributed by atoms with Crippen LogP contribution in [0.4, 0.5) is 0 Å². The number of rotatable bonds is 2. The van der Waals surface area contributed by atoms with Gasteiger partial charge in [-0.25, -0.2) is 0 Å². The van der Waals surface area contributed by atoms with Gasteiger partial charge in [0.15, 0.2) is 0 Å². The van der Waals surface area contributed by atoms with Crippen LogP contribution < -0.4 is 25.6 Å². The molecule has 0 bridgehead atoms. The van der Waals surface area contributed by atoms with E-state index in [2.05, 4.69) is 62.1 Å². The highest BCUT2D eigenvalue weighted by atomic mass is 127. The third-order valence-corrected chi connectivity index (χ3v) is 6.62. The second-order valence-corrected chi connectivity index (χ2v) is 12.7. The van der Waals surface area contributed by atoms with Crippen molar-refractivity contribution in [1.82, 2.24) is 0 Å². The summed E-state index contributed by atoms with van der Waals surface area (Å²) in [6, 6.07) is 15.4. The van der Waals surface area contributed by atoms with Crippen LogP contribution in [0.3, 0.4) is 0 Å². The molecule has 1 nitrogen and oxygen atoms in total. The molecule has 0 aromatic heterocycles. The Morgan fingerprint density at radius 2 is 1.61 bits per heavy atom. The largest absolute Gasteiger partial charge is 0.544 e. The summed E-state index contributed by atoms with van der Waals surface area (Å²) in [4.78, 5) is 0. The van der Waals surface area contributed by atoms with Crippen LogP contribution in [0.25, 0.3) is 11.1 Å². The monoisotopic (exact) mass is 367 g/mol. The van der Waals surface area contributed by atoms with E-state index in [0.29, 0.717) is 0 Å². The maximum atomic E-state index is 6.09. The van der Waals surface area contributed by atoms with Crippen molar-refractivity contribution in [3.05, 3.63) is 49.6 Å². The van der Waals surface area contributed by atoms with Crippen molar-refractivity contribution in [2.75, 3.05) is 0 Å². The molecule has 2 aromatic rings. The Morgan fingerprint density at radius 1 is 0.889 bits per heavy atom. The summed E-state index contributed by atoms with van der Waals surface area (Å²) in [5.41, 5.74) is 2.82. The molecule has 0 saturated carbocycles. The molecule has 0 spiro atoms. The zero-order valence-corrected chi connectivity index (χ0v) is 14.0. The maximum absolute atomic E-state index is 6.09. The first-order valence-electron chi connectivity index (χ1n) is 6.10. The Labute approximate surface area is 120 Å². The van der Waals surface area contributed by atoms with Gasteiger partial charge < -0.3 is 4.43 Å². The first kappa shape index (κ1) is 12.2. The number of hydrogen-bond acceptors (Lipinski definition) is 1. The van der Waals surface area contributed by atoms with Crippen LogP contribution in [0.5, 0.6) is 5.75 Å². The summed E-state index contributed by atoms with van der Waals surface area (Å²) in [6.07, 6.45) is 0. The van der Waals surface area contributed by atoms with Gasteiger partial charge in [-0.2, -0.15) is 0 Å². The fourth-order valence-electron chi connectivity index (χ4n) is 2.08. The summed E-state index contributed by atoms with van der Waals surface area (Å²) in [6.45, 7) is 6.67. The van der Waals surface area contributed by atoms with Gasteiger partial charge in [0.25, 0.3) is 0 Å². The summed E-state index contributed by atoms with van der Waals surface area (Å²) in [5, 5.41) is 0. The van der Waals surface area contributed by atoms with Gasteiger partial charge in [-0.05, 0) is 50.0 Å². The fraction of sp³-hybridized carbons (Fsp3) is 0.200. The Morgan fingerprint density at radius 3 is 2.39 bits per heavy atom. The highest BCUT2D eigenvalue weighted by molar-refractivity contribution is 6.70. The summed E-state index contributed by atoms with van der Waals surface area (Å²) in [7, 11) is -1.51. The van der Waals surface area contributed by atoms with Crippen molar-refractivity contribution < 1.29 is 25.6 Å². The molecule has 0 amide bonds. The van der Waals surface area contributed by atoms with Crippen LogP contribution in [0, 0.1) is 7.14 Å². The Bertz CT molecular complexity index is 602. The molecule has 18 heavy (non-hydrogen) atoms. The molecule has 3 heteroatoms. The smallest absolute Gasteiger partial charge is 0.359 e. The molecule has 3 rings (SSSR count). The molecular weight excluding hydrogens is 351 g/mol. The van der Waals surface area contributed by atoms with Gasteiger partial charge in [0.05, 0.1) is 0 Å². The minimum absolute atomic E-state index is 0.0117. The average Bonchev–Trinajstić information content (AvgIpc) is 2.65. The third-order valence-electron chi connectivity index (χ3n) is 2.73. The van der Waals surface area contributed by atoms with E-state index in [4.69, 9.17) is 4.43 Å². The lowest BCUT2D eigenvalue weighted by Gasteiger charge is -2.19. The van der Waals surface area contributed by atoms with E-state index >= 15 is 0 Å². The fourth-order valence-corrected chi connectivity index (χ4v) is 5.79. The molecule has 0 fully saturated rings. The summed E-state index contributed by atoms with van der Waals surface area (Å²) < 4.78 is 9.16. The molecule has 2 aromatic carbocycles. The lowest BCUT2D eigenvalue weighted by molar-refractivity contribution is -0.589. The van der Waals surface area contributed by atoms with Crippen molar-refractivity contribution >= 4 is 8.32 Å². The van der Waals surface area contributed by atoms with Crippen LogP contribution in [-0.2, 0) is 0 Å². The van der Waals surface area contributed by atoms with Gasteiger partial charge in [0.2, 0.25) is 15.5 Å². The van der Waals surface area contributed by atoms with Gasteiger partial charge in [0, 0.05) is 11.1 Å². The molecular formula is C15H16IOSi+. The normalized spacial score (nSPS) is 13.1. The highest BCUT2D eigenvalue weighted by Crippen LogP contribution is 2.27. The topological polar surface area (TPSA) is 9.23 Å². The first-order valence-corrected chi connectivity index (χ1v) is 11.7. The quantitative estimate of drug-likeness (QED) is 0.485. The molecule has 1 heterocycles. The van der Waals surface area contributed by atoms with Gasteiger partial charge in [0.1, 0.15) is 5.75 Å². The van der Waals surface area contributed by atoms with Crippen LogP contribution in [-0.4, -0.2) is 8.32 Å². The van der Waals surface area contributed by atoms with Gasteiger partial charge in [-0.1, -0.05) is 12.1 Å². The lowest BCUT2D eigenvalue weighted by atomic mass is 10.1. The van der Waals surface area contributed by atoms with E-state index in [1.807, 2.05) is 0 Å². The number of fused-ring (bicyclic) bond motifs is 3. The Kier molecular flexibility index (Phi) is 2.98. The van der Waals surface area contributed by atoms with Crippen LogP contribution >= 0.6 is 0 Å². The highest BCUT2D eigenvalue weighted by Gasteiger charge is 2.33. The molecule has 1 aliphatic rings. The third kappa shape index (κ3) is 2.33. The van der Waals surface area contributed by atoms with E-state index in [1.54, 1.807) is 0 Å².